The smallest absolute Gasteiger partial charge is 0.417 e. The van der Waals surface area contributed by atoms with Crippen molar-refractivity contribution >= 4 is 12.0 Å². The Kier molecular flexibility index (Phi) is 2.10. The number of hydrogen-bond acceptors (Lipinski definition) is 3. The van der Waals surface area contributed by atoms with Gasteiger partial charge in [0.1, 0.15) is 5.60 Å². The molecule has 15 heavy (non-hydrogen) atoms. The van der Waals surface area contributed by atoms with Crippen LogP contribution in [0.4, 0.5) is 4.79 Å². The molecule has 0 spiro atoms. The van der Waals surface area contributed by atoms with E-state index >= 15 is 0 Å². The number of amides is 2. The third-order valence-electron chi connectivity index (χ3n) is 2.54. The third kappa shape index (κ3) is 1.76. The molecule has 82 valence electrons. The number of ether oxygens (including phenoxy) is 1. The molecule has 1 fully saturated rings. The molecule has 2 atom stereocenters. The van der Waals surface area contributed by atoms with E-state index in [9.17, 15) is 9.59 Å². The van der Waals surface area contributed by atoms with Crippen molar-refractivity contribution in [1.82, 2.24) is 4.90 Å². The standard InChI is InChI=1S/C11H15NO3/c1-11(2,3)15-10(14)12-8-5-4-7(6-8)9(12)13/h4-5,7-8H,6H2,1-3H3/t7-,8-/m0/s1. The Bertz CT molecular complexity index is 340. The van der Waals surface area contributed by atoms with Gasteiger partial charge in [-0.3, -0.25) is 4.79 Å². The summed E-state index contributed by atoms with van der Waals surface area (Å²) < 4.78 is 5.18. The van der Waals surface area contributed by atoms with E-state index in [1.165, 1.54) is 4.90 Å². The van der Waals surface area contributed by atoms with Crippen LogP contribution in [0.3, 0.4) is 0 Å². The largest absolute Gasteiger partial charge is 0.443 e. The van der Waals surface area contributed by atoms with Gasteiger partial charge in [0.05, 0.1) is 12.0 Å². The lowest BCUT2D eigenvalue weighted by Crippen LogP contribution is -2.43. The van der Waals surface area contributed by atoms with E-state index in [4.69, 9.17) is 4.74 Å². The van der Waals surface area contributed by atoms with Crippen molar-refractivity contribution in [3.63, 3.8) is 0 Å². The molecule has 4 nitrogen and oxygen atoms in total. The Labute approximate surface area is 88.9 Å². The highest BCUT2D eigenvalue weighted by atomic mass is 16.6. The number of nitrogens with zero attached hydrogens (tertiary/aromatic N) is 1. The van der Waals surface area contributed by atoms with Crippen molar-refractivity contribution in [1.29, 1.82) is 0 Å². The number of hydrogen-bond donors (Lipinski definition) is 0. The first-order valence-electron chi connectivity index (χ1n) is 5.13. The minimum Gasteiger partial charge on any atom is -0.443 e. The Morgan fingerprint density at radius 2 is 2.13 bits per heavy atom. The second-order valence-corrected chi connectivity index (χ2v) is 4.98. The first kappa shape index (κ1) is 10.2. The number of carbonyl (C=O) groups excluding carboxylic acids is 2. The van der Waals surface area contributed by atoms with Crippen LogP contribution in [-0.4, -0.2) is 28.5 Å². The molecular formula is C11H15NO3. The van der Waals surface area contributed by atoms with Gasteiger partial charge in [-0.25, -0.2) is 9.69 Å². The SMILES string of the molecule is CC(C)(C)OC(=O)N1C(=O)[C@H]2C=C[C@H]1C2. The molecule has 2 rings (SSSR count). The Hall–Kier alpha value is -1.32. The maximum absolute atomic E-state index is 11.7. The molecule has 4 heteroatoms. The summed E-state index contributed by atoms with van der Waals surface area (Å²) in [6, 6.07) is -0.0858. The zero-order valence-electron chi connectivity index (χ0n) is 9.19. The molecule has 0 radical (unpaired) electrons. The zero-order valence-corrected chi connectivity index (χ0v) is 9.19. The van der Waals surface area contributed by atoms with Crippen LogP contribution in [0.2, 0.25) is 0 Å². The maximum atomic E-state index is 11.7. The number of carbonyl (C=O) groups is 2. The summed E-state index contributed by atoms with van der Waals surface area (Å²) in [6.07, 6.45) is 3.96. The second kappa shape index (κ2) is 3.08. The minimum atomic E-state index is -0.553. The van der Waals surface area contributed by atoms with Crippen molar-refractivity contribution in [2.45, 2.75) is 38.8 Å². The molecular weight excluding hydrogens is 194 g/mol. The molecule has 1 heterocycles. The number of likely N-dealkylation sites (tertiary alicyclic amines) is 1. The van der Waals surface area contributed by atoms with Gasteiger partial charge in [-0.05, 0) is 27.2 Å². The van der Waals surface area contributed by atoms with Crippen molar-refractivity contribution in [2.75, 3.05) is 0 Å². The Balaban J connectivity index is 2.09. The molecule has 1 saturated heterocycles. The molecule has 2 aliphatic rings. The van der Waals surface area contributed by atoms with E-state index in [-0.39, 0.29) is 17.9 Å². The predicted octanol–water partition coefficient (Wildman–Crippen LogP) is 1.71. The van der Waals surface area contributed by atoms with Gasteiger partial charge in [-0.2, -0.15) is 0 Å². The maximum Gasteiger partial charge on any atom is 0.417 e. The van der Waals surface area contributed by atoms with E-state index in [0.717, 1.165) is 6.42 Å². The van der Waals surface area contributed by atoms with Crippen molar-refractivity contribution in [3.05, 3.63) is 12.2 Å². The first-order chi connectivity index (χ1) is 6.88. The number of rotatable bonds is 0. The molecule has 0 aromatic rings. The van der Waals surface area contributed by atoms with E-state index in [1.54, 1.807) is 20.8 Å². The first-order valence-corrected chi connectivity index (χ1v) is 5.13. The predicted molar refractivity (Wildman–Crippen MR) is 54.1 cm³/mol. The van der Waals surface area contributed by atoms with Gasteiger partial charge in [-0.15, -0.1) is 0 Å². The van der Waals surface area contributed by atoms with Gasteiger partial charge in [0, 0.05) is 0 Å². The van der Waals surface area contributed by atoms with Crippen LogP contribution in [0.1, 0.15) is 27.2 Å². The molecule has 2 bridgehead atoms. The van der Waals surface area contributed by atoms with Gasteiger partial charge in [0.15, 0.2) is 0 Å². The summed E-state index contributed by atoms with van der Waals surface area (Å²) in [7, 11) is 0. The third-order valence-corrected chi connectivity index (χ3v) is 2.54. The minimum absolute atomic E-state index is 0.0858. The van der Waals surface area contributed by atoms with Crippen LogP contribution in [0, 0.1) is 5.92 Å². The Morgan fingerprint density at radius 3 is 2.60 bits per heavy atom. The van der Waals surface area contributed by atoms with Crippen molar-refractivity contribution < 1.29 is 14.3 Å². The summed E-state index contributed by atoms with van der Waals surface area (Å²) in [5, 5.41) is 0. The molecule has 0 aromatic heterocycles. The van der Waals surface area contributed by atoms with E-state index in [2.05, 4.69) is 0 Å². The van der Waals surface area contributed by atoms with E-state index < -0.39 is 11.7 Å². The zero-order chi connectivity index (χ0) is 11.2. The fourth-order valence-electron chi connectivity index (χ4n) is 1.93. The van der Waals surface area contributed by atoms with Crippen LogP contribution < -0.4 is 0 Å². The van der Waals surface area contributed by atoms with Gasteiger partial charge in [-0.1, -0.05) is 12.2 Å². The molecule has 2 amide bonds. The van der Waals surface area contributed by atoms with Gasteiger partial charge in [0.25, 0.3) is 0 Å². The molecule has 0 N–H and O–H groups in total. The average Bonchev–Trinajstić information content (AvgIpc) is 2.59. The summed E-state index contributed by atoms with van der Waals surface area (Å²) in [5.41, 5.74) is -0.553. The molecule has 0 saturated carbocycles. The van der Waals surface area contributed by atoms with E-state index in [1.807, 2.05) is 12.2 Å². The van der Waals surface area contributed by atoms with Gasteiger partial charge in [0.2, 0.25) is 5.91 Å². The van der Waals surface area contributed by atoms with Crippen LogP contribution in [-0.2, 0) is 9.53 Å². The fourth-order valence-corrected chi connectivity index (χ4v) is 1.93. The monoisotopic (exact) mass is 209 g/mol. The van der Waals surface area contributed by atoms with E-state index in [0.29, 0.717) is 0 Å². The number of imide groups is 1. The Morgan fingerprint density at radius 1 is 1.47 bits per heavy atom. The lowest BCUT2D eigenvalue weighted by atomic mass is 10.1. The lowest BCUT2D eigenvalue weighted by molar-refractivity contribution is -0.130. The summed E-state index contributed by atoms with van der Waals surface area (Å²) >= 11 is 0. The summed E-state index contributed by atoms with van der Waals surface area (Å²) in [4.78, 5) is 24.6. The molecule has 1 aliphatic carbocycles. The second-order valence-electron chi connectivity index (χ2n) is 4.98. The van der Waals surface area contributed by atoms with Crippen LogP contribution in [0.25, 0.3) is 0 Å². The average molecular weight is 209 g/mol. The highest BCUT2D eigenvalue weighted by Gasteiger charge is 2.45. The highest BCUT2D eigenvalue weighted by molar-refractivity contribution is 5.98. The van der Waals surface area contributed by atoms with Gasteiger partial charge >= 0.3 is 6.09 Å². The van der Waals surface area contributed by atoms with Crippen molar-refractivity contribution in [2.24, 2.45) is 5.92 Å². The lowest BCUT2D eigenvalue weighted by Gasteiger charge is -2.26. The van der Waals surface area contributed by atoms with Crippen LogP contribution >= 0.6 is 0 Å². The van der Waals surface area contributed by atoms with Crippen LogP contribution in [0.15, 0.2) is 12.2 Å². The van der Waals surface area contributed by atoms with Gasteiger partial charge < -0.3 is 4.74 Å². The normalized spacial score (nSPS) is 28.7. The van der Waals surface area contributed by atoms with Crippen molar-refractivity contribution in [3.8, 4) is 0 Å². The quantitative estimate of drug-likeness (QED) is 0.570. The highest BCUT2D eigenvalue weighted by Crippen LogP contribution is 2.33. The fraction of sp³-hybridized carbons (Fsp3) is 0.636. The summed E-state index contributed by atoms with van der Waals surface area (Å²) in [5.74, 6) is -0.237. The molecule has 1 aliphatic heterocycles. The molecule has 0 aromatic carbocycles. The molecule has 0 unspecified atom stereocenters. The summed E-state index contributed by atoms with van der Waals surface area (Å²) in [6.45, 7) is 5.37. The van der Waals surface area contributed by atoms with Crippen LogP contribution in [0.5, 0.6) is 0 Å². The topological polar surface area (TPSA) is 46.6 Å². The number of fused-ring (bicyclic) bond motifs is 2.